The first kappa shape index (κ1) is 13.1. The summed E-state index contributed by atoms with van der Waals surface area (Å²) in [5.41, 5.74) is 2.54. The summed E-state index contributed by atoms with van der Waals surface area (Å²) in [4.78, 5) is 11.5. The summed E-state index contributed by atoms with van der Waals surface area (Å²) < 4.78 is 7.38. The minimum Gasteiger partial charge on any atom is -0.465 e. The topological polar surface area (TPSA) is 112 Å². The number of amides is 1. The highest BCUT2D eigenvalue weighted by molar-refractivity contribution is 7.98. The van der Waals surface area contributed by atoms with E-state index in [1.165, 1.54) is 11.8 Å². The van der Waals surface area contributed by atoms with Crippen molar-refractivity contribution in [2.75, 3.05) is 0 Å². The lowest BCUT2D eigenvalue weighted by molar-refractivity contribution is 0.0952. The van der Waals surface area contributed by atoms with E-state index in [-0.39, 0.29) is 5.91 Å². The summed E-state index contributed by atoms with van der Waals surface area (Å²) in [6, 6.07) is 2.12. The first-order chi connectivity index (χ1) is 9.69. The number of aromatic nitrogens is 4. The largest absolute Gasteiger partial charge is 0.465 e. The lowest BCUT2D eigenvalue weighted by Crippen LogP contribution is -2.30. The summed E-state index contributed by atoms with van der Waals surface area (Å²) >= 11 is 1.49. The van der Waals surface area contributed by atoms with Crippen molar-refractivity contribution in [3.63, 3.8) is 0 Å². The number of nitrogen functional groups attached to an aromatic ring is 1. The maximum absolute atomic E-state index is 11.5. The van der Waals surface area contributed by atoms with Crippen LogP contribution in [0.4, 0.5) is 0 Å². The average molecular weight is 294 g/mol. The van der Waals surface area contributed by atoms with Crippen LogP contribution in [0.3, 0.4) is 0 Å². The van der Waals surface area contributed by atoms with Crippen LogP contribution in [0.5, 0.6) is 0 Å². The molecule has 0 aromatic carbocycles. The van der Waals surface area contributed by atoms with E-state index in [9.17, 15) is 4.79 Å². The van der Waals surface area contributed by atoms with Crippen LogP contribution in [0.25, 0.3) is 0 Å². The Morgan fingerprint density at radius 1 is 1.65 bits per heavy atom. The molecule has 0 unspecified atom stereocenters. The molecule has 0 aliphatic heterocycles. The lowest BCUT2D eigenvalue weighted by atomic mass is 10.2. The number of hydrogen-bond donors (Lipinski definition) is 2. The molecule has 0 bridgehead atoms. The summed E-state index contributed by atoms with van der Waals surface area (Å²) in [6.45, 7) is 1.73. The van der Waals surface area contributed by atoms with Gasteiger partial charge in [0.2, 0.25) is 5.16 Å². The number of nitrogens with one attached hydrogen (secondary N) is 1. The van der Waals surface area contributed by atoms with E-state index in [2.05, 4.69) is 21.0 Å². The van der Waals surface area contributed by atoms with E-state index in [1.807, 2.05) is 4.68 Å². The van der Waals surface area contributed by atoms with Crippen molar-refractivity contribution in [1.29, 1.82) is 0 Å². The van der Waals surface area contributed by atoms with Gasteiger partial charge in [0.15, 0.2) is 0 Å². The second-order valence-electron chi connectivity index (χ2n) is 4.58. The number of hydrazine groups is 1. The highest BCUT2D eigenvalue weighted by Crippen LogP contribution is 2.37. The fraction of sp³-hybridized carbons (Fsp3) is 0.455. The molecule has 3 rings (SSSR count). The van der Waals surface area contributed by atoms with Gasteiger partial charge in [-0.05, 0) is 36.3 Å². The molecule has 0 atom stereocenters. The first-order valence-electron chi connectivity index (χ1n) is 6.20. The maximum atomic E-state index is 11.5. The van der Waals surface area contributed by atoms with Gasteiger partial charge in [-0.25, -0.2) is 10.5 Å². The van der Waals surface area contributed by atoms with Crippen LogP contribution in [0, 0.1) is 6.92 Å². The zero-order valence-electron chi connectivity index (χ0n) is 10.9. The molecule has 1 aliphatic rings. The highest BCUT2D eigenvalue weighted by atomic mass is 32.2. The van der Waals surface area contributed by atoms with Crippen LogP contribution in [-0.2, 0) is 5.75 Å². The van der Waals surface area contributed by atoms with E-state index in [0.717, 1.165) is 18.0 Å². The Kier molecular flexibility index (Phi) is 3.45. The normalized spacial score (nSPS) is 14.5. The molecule has 2 heterocycles. The summed E-state index contributed by atoms with van der Waals surface area (Å²) in [6.07, 6.45) is 2.25. The van der Waals surface area contributed by atoms with Crippen LogP contribution < -0.4 is 11.3 Å². The van der Waals surface area contributed by atoms with Crippen molar-refractivity contribution >= 4 is 17.7 Å². The van der Waals surface area contributed by atoms with Crippen LogP contribution in [0.15, 0.2) is 15.6 Å². The fourth-order valence-electron chi connectivity index (χ4n) is 1.88. The van der Waals surface area contributed by atoms with Gasteiger partial charge in [0.05, 0.1) is 17.4 Å². The smallest absolute Gasteiger partial charge is 0.268 e. The van der Waals surface area contributed by atoms with E-state index in [1.54, 1.807) is 13.0 Å². The molecule has 1 fully saturated rings. The number of hydrogen-bond acceptors (Lipinski definition) is 7. The van der Waals surface area contributed by atoms with Gasteiger partial charge in [-0.1, -0.05) is 11.8 Å². The van der Waals surface area contributed by atoms with Gasteiger partial charge >= 0.3 is 0 Å². The number of nitrogens with two attached hydrogens (primary N) is 1. The molecule has 1 saturated carbocycles. The van der Waals surface area contributed by atoms with Gasteiger partial charge in [-0.15, -0.1) is 5.10 Å². The van der Waals surface area contributed by atoms with Gasteiger partial charge in [-0.2, -0.15) is 0 Å². The minimum absolute atomic E-state index is 0.356. The second kappa shape index (κ2) is 5.25. The SMILES string of the molecule is Cc1oc(CSc2nnnn2C2CC2)cc1C(=O)NN. The van der Waals surface area contributed by atoms with E-state index in [0.29, 0.717) is 28.9 Å². The Labute approximate surface area is 119 Å². The molecule has 0 saturated heterocycles. The number of tetrazole rings is 1. The Bertz CT molecular complexity index is 633. The zero-order valence-corrected chi connectivity index (χ0v) is 11.7. The molecule has 106 valence electrons. The Balaban J connectivity index is 1.69. The third-order valence-corrected chi connectivity index (χ3v) is 4.00. The van der Waals surface area contributed by atoms with Crippen molar-refractivity contribution in [2.45, 2.75) is 36.7 Å². The molecule has 1 amide bonds. The fourth-order valence-corrected chi connectivity index (χ4v) is 2.71. The Morgan fingerprint density at radius 2 is 2.45 bits per heavy atom. The van der Waals surface area contributed by atoms with Gasteiger partial charge in [0.1, 0.15) is 11.5 Å². The third-order valence-electron chi connectivity index (χ3n) is 3.04. The number of nitrogens with zero attached hydrogens (tertiary/aromatic N) is 4. The van der Waals surface area contributed by atoms with Gasteiger partial charge in [0, 0.05) is 0 Å². The van der Waals surface area contributed by atoms with Gasteiger partial charge in [-0.3, -0.25) is 10.2 Å². The number of aryl methyl sites for hydroxylation is 1. The predicted molar refractivity (Wildman–Crippen MR) is 70.7 cm³/mol. The van der Waals surface area contributed by atoms with Crippen LogP contribution in [0.2, 0.25) is 0 Å². The Morgan fingerprint density at radius 3 is 3.15 bits per heavy atom. The van der Waals surface area contributed by atoms with Crippen LogP contribution in [-0.4, -0.2) is 26.1 Å². The molecule has 0 radical (unpaired) electrons. The second-order valence-corrected chi connectivity index (χ2v) is 5.52. The van der Waals surface area contributed by atoms with Gasteiger partial charge in [0.25, 0.3) is 5.91 Å². The molecule has 1 aliphatic carbocycles. The summed E-state index contributed by atoms with van der Waals surface area (Å²) in [7, 11) is 0. The molecule has 2 aromatic rings. The standard InChI is InChI=1S/C11H14N6O2S/c1-6-9(10(18)13-12)4-8(19-6)5-20-11-14-15-16-17(11)7-2-3-7/h4,7H,2-3,5,12H2,1H3,(H,13,18). The van der Waals surface area contributed by atoms with Crippen LogP contribution >= 0.6 is 11.8 Å². The summed E-state index contributed by atoms with van der Waals surface area (Å²) in [5, 5.41) is 12.4. The molecule has 2 aromatic heterocycles. The zero-order chi connectivity index (χ0) is 14.1. The number of carbonyl (C=O) groups is 1. The molecule has 3 N–H and O–H groups in total. The number of thioether (sulfide) groups is 1. The number of carbonyl (C=O) groups excluding carboxylic acids is 1. The van der Waals surface area contributed by atoms with Crippen LogP contribution in [0.1, 0.15) is 40.8 Å². The van der Waals surface area contributed by atoms with E-state index in [4.69, 9.17) is 10.3 Å². The molecule has 9 heteroatoms. The molecule has 20 heavy (non-hydrogen) atoms. The van der Waals surface area contributed by atoms with E-state index >= 15 is 0 Å². The molecular formula is C11H14N6O2S. The molecule has 0 spiro atoms. The molecule has 8 nitrogen and oxygen atoms in total. The van der Waals surface area contributed by atoms with Crippen molar-refractivity contribution in [2.24, 2.45) is 5.84 Å². The van der Waals surface area contributed by atoms with Crippen molar-refractivity contribution in [3.05, 3.63) is 23.2 Å². The first-order valence-corrected chi connectivity index (χ1v) is 7.18. The summed E-state index contributed by atoms with van der Waals surface area (Å²) in [5.74, 6) is 6.56. The monoisotopic (exact) mass is 294 g/mol. The predicted octanol–water partition coefficient (Wildman–Crippen LogP) is 0.805. The van der Waals surface area contributed by atoms with Crippen molar-refractivity contribution < 1.29 is 9.21 Å². The maximum Gasteiger partial charge on any atom is 0.268 e. The third kappa shape index (κ3) is 2.54. The van der Waals surface area contributed by atoms with E-state index < -0.39 is 0 Å². The molecular weight excluding hydrogens is 280 g/mol. The number of rotatable bonds is 5. The minimum atomic E-state index is -0.356. The Hall–Kier alpha value is -1.87. The quantitative estimate of drug-likeness (QED) is 0.363. The van der Waals surface area contributed by atoms with Gasteiger partial charge < -0.3 is 4.42 Å². The average Bonchev–Trinajstić information content (AvgIpc) is 3.07. The van der Waals surface area contributed by atoms with Crippen molar-refractivity contribution in [1.82, 2.24) is 25.6 Å². The highest BCUT2D eigenvalue weighted by Gasteiger charge is 2.28. The number of furan rings is 1. The lowest BCUT2D eigenvalue weighted by Gasteiger charge is -2.00. The van der Waals surface area contributed by atoms with Crippen molar-refractivity contribution in [3.8, 4) is 0 Å².